The van der Waals surface area contributed by atoms with Crippen LogP contribution in [0.1, 0.15) is 25.3 Å². The highest BCUT2D eigenvalue weighted by atomic mass is 16.5. The van der Waals surface area contributed by atoms with Gasteiger partial charge in [-0.15, -0.1) is 0 Å². The molecule has 1 unspecified atom stereocenters. The Bertz CT molecular complexity index is 370. The van der Waals surface area contributed by atoms with Gasteiger partial charge in [0, 0.05) is 6.54 Å². The van der Waals surface area contributed by atoms with Crippen molar-refractivity contribution in [1.82, 2.24) is 5.32 Å². The Hall–Kier alpha value is -1.57. The van der Waals surface area contributed by atoms with Gasteiger partial charge in [0.15, 0.2) is 6.61 Å². The molecule has 0 spiro atoms. The molecule has 1 aromatic rings. The van der Waals surface area contributed by atoms with E-state index in [0.717, 1.165) is 31.5 Å². The monoisotopic (exact) mass is 248 g/mol. The van der Waals surface area contributed by atoms with Crippen LogP contribution in [0.25, 0.3) is 0 Å². The Morgan fingerprint density at radius 1 is 1.39 bits per heavy atom. The van der Waals surface area contributed by atoms with Gasteiger partial charge in [-0.05, 0) is 37.1 Å². The lowest BCUT2D eigenvalue weighted by Crippen LogP contribution is -2.19. The molecular formula is C14H20N2O2. The summed E-state index contributed by atoms with van der Waals surface area (Å²) in [6.45, 7) is 3.63. The molecular weight excluding hydrogens is 228 g/mol. The van der Waals surface area contributed by atoms with Crippen LogP contribution in [0.3, 0.4) is 0 Å². The minimum Gasteiger partial charge on any atom is -0.479 e. The van der Waals surface area contributed by atoms with Crippen LogP contribution in [-0.4, -0.2) is 24.4 Å². The number of ether oxygens (including phenoxy) is 1. The predicted molar refractivity (Wildman–Crippen MR) is 70.2 cm³/mol. The molecule has 0 bridgehead atoms. The van der Waals surface area contributed by atoms with Crippen molar-refractivity contribution in [1.29, 1.82) is 5.26 Å². The van der Waals surface area contributed by atoms with E-state index in [4.69, 9.17) is 10.00 Å². The van der Waals surface area contributed by atoms with Gasteiger partial charge >= 0.3 is 0 Å². The number of nitrogens with zero attached hydrogens (tertiary/aromatic N) is 1. The molecule has 1 rings (SSSR count). The van der Waals surface area contributed by atoms with Gasteiger partial charge in [-0.1, -0.05) is 19.1 Å². The molecule has 98 valence electrons. The van der Waals surface area contributed by atoms with E-state index < -0.39 is 0 Å². The molecule has 0 radical (unpaired) electrons. The van der Waals surface area contributed by atoms with E-state index in [1.165, 1.54) is 0 Å². The Morgan fingerprint density at radius 3 is 2.72 bits per heavy atom. The third kappa shape index (κ3) is 5.67. The summed E-state index contributed by atoms with van der Waals surface area (Å²) in [4.78, 5) is 0. The van der Waals surface area contributed by atoms with Crippen molar-refractivity contribution in [3.8, 4) is 11.8 Å². The zero-order chi connectivity index (χ0) is 13.2. The quantitative estimate of drug-likeness (QED) is 0.689. The minimum absolute atomic E-state index is 0.0759. The van der Waals surface area contributed by atoms with E-state index in [0.29, 0.717) is 5.75 Å². The molecule has 0 aliphatic carbocycles. The lowest BCUT2D eigenvalue weighted by atomic mass is 10.2. The largest absolute Gasteiger partial charge is 0.479 e. The third-order valence-corrected chi connectivity index (χ3v) is 2.68. The summed E-state index contributed by atoms with van der Waals surface area (Å²) < 4.78 is 5.17. The first-order chi connectivity index (χ1) is 8.76. The van der Waals surface area contributed by atoms with Gasteiger partial charge in [-0.25, -0.2) is 0 Å². The molecule has 0 saturated carbocycles. The lowest BCUT2D eigenvalue weighted by molar-refractivity contribution is 0.159. The highest BCUT2D eigenvalue weighted by Gasteiger charge is 2.00. The van der Waals surface area contributed by atoms with Crippen molar-refractivity contribution in [2.24, 2.45) is 0 Å². The highest BCUT2D eigenvalue weighted by Crippen LogP contribution is 2.11. The summed E-state index contributed by atoms with van der Waals surface area (Å²) >= 11 is 0. The first kappa shape index (κ1) is 14.5. The number of benzene rings is 1. The summed E-state index contributed by atoms with van der Waals surface area (Å²) in [5.74, 6) is 0.710. The molecule has 1 aromatic carbocycles. The van der Waals surface area contributed by atoms with E-state index in [-0.39, 0.29) is 12.7 Å². The van der Waals surface area contributed by atoms with Crippen molar-refractivity contribution in [3.05, 3.63) is 29.8 Å². The van der Waals surface area contributed by atoms with Crippen LogP contribution in [0.5, 0.6) is 5.75 Å². The number of rotatable bonds is 8. The topological polar surface area (TPSA) is 65.3 Å². The second-order valence-corrected chi connectivity index (χ2v) is 4.12. The maximum Gasteiger partial charge on any atom is 0.174 e. The van der Waals surface area contributed by atoms with E-state index in [1.54, 1.807) is 0 Å². The van der Waals surface area contributed by atoms with Crippen LogP contribution in [0, 0.1) is 11.3 Å². The average Bonchev–Trinajstić information content (AvgIpc) is 2.42. The fourth-order valence-corrected chi connectivity index (χ4v) is 1.52. The van der Waals surface area contributed by atoms with Crippen LogP contribution in [0.2, 0.25) is 0 Å². The van der Waals surface area contributed by atoms with Crippen molar-refractivity contribution in [3.63, 3.8) is 0 Å². The van der Waals surface area contributed by atoms with Crippen molar-refractivity contribution < 1.29 is 9.84 Å². The van der Waals surface area contributed by atoms with E-state index in [9.17, 15) is 5.11 Å². The van der Waals surface area contributed by atoms with Gasteiger partial charge in [-0.2, -0.15) is 5.26 Å². The maximum absolute atomic E-state index is 9.39. The van der Waals surface area contributed by atoms with Crippen LogP contribution in [0.15, 0.2) is 24.3 Å². The van der Waals surface area contributed by atoms with E-state index >= 15 is 0 Å². The standard InChI is InChI=1S/C14H20N2O2/c1-2-13(17)7-9-16-11-12-3-5-14(6-4-12)18-10-8-15/h3-6,13,16-17H,2,7,9-11H2,1H3. The summed E-state index contributed by atoms with van der Waals surface area (Å²) in [5.41, 5.74) is 1.16. The van der Waals surface area contributed by atoms with Gasteiger partial charge in [-0.3, -0.25) is 0 Å². The highest BCUT2D eigenvalue weighted by molar-refractivity contribution is 5.27. The number of hydrogen-bond donors (Lipinski definition) is 2. The first-order valence-corrected chi connectivity index (χ1v) is 6.23. The molecule has 0 heterocycles. The molecule has 0 aliphatic heterocycles. The normalized spacial score (nSPS) is 11.8. The Morgan fingerprint density at radius 2 is 2.11 bits per heavy atom. The van der Waals surface area contributed by atoms with Crippen LogP contribution in [0.4, 0.5) is 0 Å². The molecule has 0 aliphatic rings. The molecule has 1 atom stereocenters. The first-order valence-electron chi connectivity index (χ1n) is 6.23. The Balaban J connectivity index is 2.25. The second-order valence-electron chi connectivity index (χ2n) is 4.12. The van der Waals surface area contributed by atoms with Crippen LogP contribution >= 0.6 is 0 Å². The molecule has 0 saturated heterocycles. The van der Waals surface area contributed by atoms with Crippen LogP contribution in [-0.2, 0) is 6.54 Å². The lowest BCUT2D eigenvalue weighted by Gasteiger charge is -2.09. The van der Waals surface area contributed by atoms with Gasteiger partial charge < -0.3 is 15.2 Å². The molecule has 4 heteroatoms. The summed E-state index contributed by atoms with van der Waals surface area (Å²) in [5, 5.41) is 21.1. The summed E-state index contributed by atoms with van der Waals surface area (Å²) in [7, 11) is 0. The number of nitriles is 1. The number of hydrogen-bond acceptors (Lipinski definition) is 4. The van der Waals surface area contributed by atoms with Gasteiger partial charge in [0.2, 0.25) is 0 Å². The smallest absolute Gasteiger partial charge is 0.174 e. The Kier molecular flexibility index (Phi) is 6.85. The van der Waals surface area contributed by atoms with Crippen molar-refractivity contribution in [2.75, 3.05) is 13.2 Å². The minimum atomic E-state index is -0.209. The number of nitrogens with one attached hydrogen (secondary N) is 1. The molecule has 4 nitrogen and oxygen atoms in total. The van der Waals surface area contributed by atoms with Crippen molar-refractivity contribution >= 4 is 0 Å². The molecule has 0 fully saturated rings. The summed E-state index contributed by atoms with van der Waals surface area (Å²) in [6.07, 6.45) is 1.37. The summed E-state index contributed by atoms with van der Waals surface area (Å²) in [6, 6.07) is 9.58. The second kappa shape index (κ2) is 8.51. The maximum atomic E-state index is 9.39. The number of aliphatic hydroxyl groups excluding tert-OH is 1. The Labute approximate surface area is 108 Å². The molecule has 0 aromatic heterocycles. The van der Waals surface area contributed by atoms with Gasteiger partial charge in [0.05, 0.1) is 6.10 Å². The van der Waals surface area contributed by atoms with Gasteiger partial charge in [0.1, 0.15) is 11.8 Å². The zero-order valence-electron chi connectivity index (χ0n) is 10.7. The third-order valence-electron chi connectivity index (χ3n) is 2.68. The average molecular weight is 248 g/mol. The molecule has 0 amide bonds. The fraction of sp³-hybridized carbons (Fsp3) is 0.500. The number of aliphatic hydroxyl groups is 1. The zero-order valence-corrected chi connectivity index (χ0v) is 10.7. The SMILES string of the molecule is CCC(O)CCNCc1ccc(OCC#N)cc1. The molecule has 18 heavy (non-hydrogen) atoms. The molecule has 2 N–H and O–H groups in total. The predicted octanol–water partition coefficient (Wildman–Crippen LogP) is 1.84. The fourth-order valence-electron chi connectivity index (χ4n) is 1.52. The van der Waals surface area contributed by atoms with Crippen LogP contribution < -0.4 is 10.1 Å². The van der Waals surface area contributed by atoms with E-state index in [2.05, 4.69) is 5.32 Å². The van der Waals surface area contributed by atoms with Crippen molar-refractivity contribution in [2.45, 2.75) is 32.4 Å². The van der Waals surface area contributed by atoms with E-state index in [1.807, 2.05) is 37.3 Å². The van der Waals surface area contributed by atoms with Gasteiger partial charge in [0.25, 0.3) is 0 Å².